The van der Waals surface area contributed by atoms with Crippen molar-refractivity contribution in [1.82, 2.24) is 19.8 Å². The molecule has 2 aromatic heterocycles. The Morgan fingerprint density at radius 3 is 1.59 bits per heavy atom. The van der Waals surface area contributed by atoms with Crippen LogP contribution in [0.15, 0.2) is 67.0 Å². The summed E-state index contributed by atoms with van der Waals surface area (Å²) < 4.78 is 0. The Morgan fingerprint density at radius 1 is 0.690 bits per heavy atom. The Morgan fingerprint density at radius 2 is 1.17 bits per heavy atom. The average molecular weight is 391 g/mol. The molecule has 0 saturated heterocycles. The average Bonchev–Trinajstić information content (AvgIpc) is 2.75. The third-order valence-corrected chi connectivity index (χ3v) is 5.04. The van der Waals surface area contributed by atoms with E-state index < -0.39 is 0 Å². The predicted molar refractivity (Wildman–Crippen MR) is 117 cm³/mol. The van der Waals surface area contributed by atoms with Crippen molar-refractivity contribution in [3.05, 3.63) is 89.5 Å². The second-order valence-corrected chi connectivity index (χ2v) is 7.54. The van der Waals surface area contributed by atoms with Gasteiger partial charge < -0.3 is 14.9 Å². The first kappa shape index (κ1) is 21.0. The topological polar surface area (TPSA) is 52.5 Å². The van der Waals surface area contributed by atoms with Gasteiger partial charge in [0.2, 0.25) is 0 Å². The lowest BCUT2D eigenvalue weighted by atomic mass is 10.1. The van der Waals surface area contributed by atoms with Gasteiger partial charge in [0.05, 0.1) is 0 Å². The van der Waals surface area contributed by atoms with E-state index >= 15 is 0 Å². The fourth-order valence-electron chi connectivity index (χ4n) is 3.34. The van der Waals surface area contributed by atoms with Crippen LogP contribution in [0.25, 0.3) is 0 Å². The van der Waals surface area contributed by atoms with Crippen molar-refractivity contribution in [3.63, 3.8) is 0 Å². The third-order valence-electron chi connectivity index (χ3n) is 5.04. The van der Waals surface area contributed by atoms with Gasteiger partial charge in [0.25, 0.3) is 0 Å². The molecule has 1 N–H and O–H groups in total. The lowest BCUT2D eigenvalue weighted by Gasteiger charge is -2.21. The first-order valence-corrected chi connectivity index (χ1v) is 10.1. The molecule has 1 aromatic carbocycles. The first-order valence-electron chi connectivity index (χ1n) is 10.1. The first-order chi connectivity index (χ1) is 14.1. The van der Waals surface area contributed by atoms with Gasteiger partial charge >= 0.3 is 0 Å². The SMILES string of the molecule is CN(CCc1ccccn1)Cc1cccc(CN(C)CCc2ccccn2)c1O. The third kappa shape index (κ3) is 6.66. The lowest BCUT2D eigenvalue weighted by molar-refractivity contribution is 0.312. The summed E-state index contributed by atoms with van der Waals surface area (Å²) in [7, 11) is 4.15. The van der Waals surface area contributed by atoms with E-state index in [1.54, 1.807) is 0 Å². The van der Waals surface area contributed by atoms with Gasteiger partial charge in [0.1, 0.15) is 5.75 Å². The quantitative estimate of drug-likeness (QED) is 0.574. The molecular formula is C24H30N4O. The maximum Gasteiger partial charge on any atom is 0.124 e. The van der Waals surface area contributed by atoms with Gasteiger partial charge in [-0.1, -0.05) is 30.3 Å². The maximum absolute atomic E-state index is 10.8. The van der Waals surface area contributed by atoms with Gasteiger partial charge in [-0.25, -0.2) is 0 Å². The van der Waals surface area contributed by atoms with Crippen molar-refractivity contribution in [2.24, 2.45) is 0 Å². The standard InChI is InChI=1S/C24H30N4O/c1-27(16-12-22-10-3-5-14-25-22)18-20-8-7-9-21(24(20)29)19-28(2)17-13-23-11-4-6-15-26-23/h3-11,14-15,29H,12-13,16-19H2,1-2H3. The highest BCUT2D eigenvalue weighted by Crippen LogP contribution is 2.25. The Hall–Kier alpha value is -2.76. The van der Waals surface area contributed by atoms with E-state index in [4.69, 9.17) is 0 Å². The van der Waals surface area contributed by atoms with E-state index in [1.165, 1.54) is 0 Å². The highest BCUT2D eigenvalue weighted by Gasteiger charge is 2.11. The molecule has 0 atom stereocenters. The molecule has 0 bridgehead atoms. The highest BCUT2D eigenvalue weighted by atomic mass is 16.3. The molecule has 29 heavy (non-hydrogen) atoms. The van der Waals surface area contributed by atoms with Crippen LogP contribution in [-0.2, 0) is 25.9 Å². The molecule has 0 spiro atoms. The van der Waals surface area contributed by atoms with Crippen molar-refractivity contribution in [2.45, 2.75) is 25.9 Å². The molecule has 3 aromatic rings. The summed E-state index contributed by atoms with van der Waals surface area (Å²) in [6.07, 6.45) is 5.45. The van der Waals surface area contributed by atoms with Crippen molar-refractivity contribution in [3.8, 4) is 5.75 Å². The number of likely N-dealkylation sites (N-methyl/N-ethyl adjacent to an activating group) is 2. The van der Waals surface area contributed by atoms with E-state index in [1.807, 2.05) is 67.0 Å². The van der Waals surface area contributed by atoms with Crippen molar-refractivity contribution < 1.29 is 5.11 Å². The number of rotatable bonds is 10. The zero-order chi connectivity index (χ0) is 20.5. The molecule has 0 saturated carbocycles. The van der Waals surface area contributed by atoms with Gasteiger partial charge in [-0.2, -0.15) is 0 Å². The summed E-state index contributed by atoms with van der Waals surface area (Å²) in [5.41, 5.74) is 4.10. The number of para-hydroxylation sites is 1. The Labute approximate surface area is 173 Å². The zero-order valence-electron chi connectivity index (χ0n) is 17.3. The van der Waals surface area contributed by atoms with Crippen LogP contribution in [-0.4, -0.2) is 52.1 Å². The van der Waals surface area contributed by atoms with Crippen LogP contribution >= 0.6 is 0 Å². The maximum atomic E-state index is 10.8. The molecule has 0 aliphatic heterocycles. The van der Waals surface area contributed by atoms with E-state index in [0.29, 0.717) is 18.8 Å². The number of nitrogens with zero attached hydrogens (tertiary/aromatic N) is 4. The number of phenolic OH excluding ortho intramolecular Hbond substituents is 1. The van der Waals surface area contributed by atoms with Gasteiger partial charge in [-0.05, 0) is 38.4 Å². The fraction of sp³-hybridized carbons (Fsp3) is 0.333. The smallest absolute Gasteiger partial charge is 0.124 e. The van der Waals surface area contributed by atoms with Gasteiger partial charge in [0.15, 0.2) is 0 Å². The summed E-state index contributed by atoms with van der Waals surface area (Å²) in [6, 6.07) is 18.0. The van der Waals surface area contributed by atoms with Crippen LogP contribution in [0.4, 0.5) is 0 Å². The molecule has 5 nitrogen and oxygen atoms in total. The van der Waals surface area contributed by atoms with Crippen molar-refractivity contribution >= 4 is 0 Å². The number of hydrogen-bond acceptors (Lipinski definition) is 5. The Bertz CT molecular complexity index is 801. The fourth-order valence-corrected chi connectivity index (χ4v) is 3.34. The zero-order valence-corrected chi connectivity index (χ0v) is 17.3. The molecule has 0 amide bonds. The van der Waals surface area contributed by atoms with E-state index in [0.717, 1.165) is 48.4 Å². The predicted octanol–water partition coefficient (Wildman–Crippen LogP) is 3.53. The van der Waals surface area contributed by atoms with E-state index in [2.05, 4.69) is 33.9 Å². The van der Waals surface area contributed by atoms with Gasteiger partial charge in [0, 0.05) is 73.9 Å². The Kier molecular flexibility index (Phi) is 7.73. The number of benzene rings is 1. The Balaban J connectivity index is 1.52. The summed E-state index contributed by atoms with van der Waals surface area (Å²) in [6.45, 7) is 3.21. The molecule has 0 radical (unpaired) electrons. The summed E-state index contributed by atoms with van der Waals surface area (Å²) in [5.74, 6) is 0.405. The minimum atomic E-state index is 0.405. The number of pyridine rings is 2. The summed E-state index contributed by atoms with van der Waals surface area (Å²) in [5, 5.41) is 10.8. The molecular weight excluding hydrogens is 360 g/mol. The van der Waals surface area contributed by atoms with Crippen LogP contribution in [0.1, 0.15) is 22.5 Å². The van der Waals surface area contributed by atoms with Gasteiger partial charge in [-0.3, -0.25) is 9.97 Å². The second-order valence-electron chi connectivity index (χ2n) is 7.54. The number of phenols is 1. The molecule has 5 heteroatoms. The highest BCUT2D eigenvalue weighted by molar-refractivity contribution is 5.40. The number of aromatic nitrogens is 2. The number of aromatic hydroxyl groups is 1. The second kappa shape index (κ2) is 10.7. The monoisotopic (exact) mass is 390 g/mol. The van der Waals surface area contributed by atoms with Crippen LogP contribution in [0.2, 0.25) is 0 Å². The van der Waals surface area contributed by atoms with Crippen LogP contribution in [0.3, 0.4) is 0 Å². The molecule has 3 rings (SSSR count). The van der Waals surface area contributed by atoms with E-state index in [-0.39, 0.29) is 0 Å². The lowest BCUT2D eigenvalue weighted by Crippen LogP contribution is -2.22. The summed E-state index contributed by atoms with van der Waals surface area (Å²) >= 11 is 0. The minimum Gasteiger partial charge on any atom is -0.507 e. The number of hydrogen-bond donors (Lipinski definition) is 1. The molecule has 2 heterocycles. The van der Waals surface area contributed by atoms with Crippen LogP contribution in [0, 0.1) is 0 Å². The molecule has 0 unspecified atom stereocenters. The minimum absolute atomic E-state index is 0.405. The molecule has 0 fully saturated rings. The largest absolute Gasteiger partial charge is 0.507 e. The molecule has 0 aliphatic carbocycles. The molecule has 152 valence electrons. The van der Waals surface area contributed by atoms with Crippen LogP contribution < -0.4 is 0 Å². The van der Waals surface area contributed by atoms with Crippen molar-refractivity contribution in [1.29, 1.82) is 0 Å². The molecule has 0 aliphatic rings. The van der Waals surface area contributed by atoms with Crippen LogP contribution in [0.5, 0.6) is 5.75 Å². The van der Waals surface area contributed by atoms with E-state index in [9.17, 15) is 5.11 Å². The summed E-state index contributed by atoms with van der Waals surface area (Å²) in [4.78, 5) is 13.2. The van der Waals surface area contributed by atoms with Gasteiger partial charge in [-0.15, -0.1) is 0 Å². The normalized spacial score (nSPS) is 11.3. The van der Waals surface area contributed by atoms with Crippen molar-refractivity contribution in [2.75, 3.05) is 27.2 Å².